The van der Waals surface area contributed by atoms with Gasteiger partial charge < -0.3 is 5.11 Å². The van der Waals surface area contributed by atoms with Crippen LogP contribution in [0, 0.1) is 0 Å². The summed E-state index contributed by atoms with van der Waals surface area (Å²) in [4.78, 5) is 0. The second-order valence-corrected chi connectivity index (χ2v) is 5.34. The van der Waals surface area contributed by atoms with Crippen LogP contribution in [0.25, 0.3) is 10.8 Å². The molecule has 0 atom stereocenters. The van der Waals surface area contributed by atoms with Crippen molar-refractivity contribution in [1.29, 1.82) is 0 Å². The van der Waals surface area contributed by atoms with Gasteiger partial charge in [-0.05, 0) is 29.9 Å². The molecule has 0 aliphatic heterocycles. The Balaban J connectivity index is 2.29. The summed E-state index contributed by atoms with van der Waals surface area (Å²) in [5, 5.41) is 12.8. The lowest BCUT2D eigenvalue weighted by Crippen LogP contribution is -2.38. The molecule has 1 nitrogen and oxygen atoms in total. The van der Waals surface area contributed by atoms with Crippen LogP contribution in [0.3, 0.4) is 0 Å². The topological polar surface area (TPSA) is 20.2 Å². The van der Waals surface area contributed by atoms with E-state index in [1.165, 1.54) is 12.0 Å². The molecule has 0 bridgehead atoms. The molecule has 0 aromatic heterocycles. The molecule has 2 aromatic rings. The van der Waals surface area contributed by atoms with Crippen molar-refractivity contribution < 1.29 is 5.11 Å². The summed E-state index contributed by atoms with van der Waals surface area (Å²) >= 11 is 6.32. The second-order valence-electron chi connectivity index (χ2n) is 4.94. The maximum Gasteiger partial charge on any atom is 0.0528 e. The Morgan fingerprint density at radius 2 is 1.82 bits per heavy atom. The van der Waals surface area contributed by atoms with E-state index in [1.54, 1.807) is 0 Å². The minimum atomic E-state index is -0.0511. The Bertz CT molecular complexity index is 547. The molecule has 1 aliphatic rings. The van der Waals surface area contributed by atoms with E-state index in [-0.39, 0.29) is 12.0 Å². The Kier molecular flexibility index (Phi) is 2.61. The van der Waals surface area contributed by atoms with E-state index in [9.17, 15) is 5.11 Å². The molecule has 2 heteroatoms. The number of halogens is 1. The minimum absolute atomic E-state index is 0.0511. The summed E-state index contributed by atoms with van der Waals surface area (Å²) in [7, 11) is 0. The lowest BCUT2D eigenvalue weighted by molar-refractivity contribution is 0.121. The van der Waals surface area contributed by atoms with Gasteiger partial charge in [-0.3, -0.25) is 0 Å². The highest BCUT2D eigenvalue weighted by Gasteiger charge is 2.39. The molecule has 1 fully saturated rings. The van der Waals surface area contributed by atoms with Crippen LogP contribution in [0.1, 0.15) is 24.8 Å². The van der Waals surface area contributed by atoms with E-state index in [4.69, 9.17) is 11.6 Å². The van der Waals surface area contributed by atoms with Crippen LogP contribution in [0.5, 0.6) is 0 Å². The van der Waals surface area contributed by atoms with Crippen LogP contribution in [0.15, 0.2) is 36.4 Å². The molecule has 17 heavy (non-hydrogen) atoms. The predicted octanol–water partition coefficient (Wildman–Crippen LogP) is 3.91. The largest absolute Gasteiger partial charge is 0.395 e. The maximum absolute atomic E-state index is 9.70. The molecule has 1 saturated carbocycles. The van der Waals surface area contributed by atoms with Crippen LogP contribution >= 0.6 is 11.6 Å². The van der Waals surface area contributed by atoms with Crippen LogP contribution in [-0.2, 0) is 5.41 Å². The van der Waals surface area contributed by atoms with Gasteiger partial charge in [-0.25, -0.2) is 0 Å². The van der Waals surface area contributed by atoms with Crippen LogP contribution < -0.4 is 0 Å². The molecular weight excluding hydrogens is 232 g/mol. The Morgan fingerprint density at radius 3 is 2.41 bits per heavy atom. The van der Waals surface area contributed by atoms with Gasteiger partial charge in [-0.2, -0.15) is 0 Å². The molecule has 0 heterocycles. The second kappa shape index (κ2) is 4.01. The van der Waals surface area contributed by atoms with Gasteiger partial charge >= 0.3 is 0 Å². The summed E-state index contributed by atoms with van der Waals surface area (Å²) in [6.07, 6.45) is 3.32. The van der Waals surface area contributed by atoms with Crippen molar-refractivity contribution in [1.82, 2.24) is 0 Å². The zero-order chi connectivity index (χ0) is 11.9. The molecule has 0 saturated heterocycles. The number of benzene rings is 2. The molecular formula is C15H15ClO. The quantitative estimate of drug-likeness (QED) is 0.852. The van der Waals surface area contributed by atoms with Crippen molar-refractivity contribution in [3.63, 3.8) is 0 Å². The first-order chi connectivity index (χ1) is 8.27. The van der Waals surface area contributed by atoms with E-state index in [1.807, 2.05) is 12.1 Å². The molecule has 1 N–H and O–H groups in total. The number of hydrogen-bond donors (Lipinski definition) is 1. The van der Waals surface area contributed by atoms with Gasteiger partial charge in [0, 0.05) is 15.8 Å². The number of rotatable bonds is 2. The lowest BCUT2D eigenvalue weighted by atomic mass is 9.64. The van der Waals surface area contributed by atoms with E-state index in [0.717, 1.165) is 28.6 Å². The third-order valence-corrected chi connectivity index (χ3v) is 4.35. The van der Waals surface area contributed by atoms with Gasteiger partial charge in [0.1, 0.15) is 0 Å². The smallest absolute Gasteiger partial charge is 0.0528 e. The van der Waals surface area contributed by atoms with E-state index < -0.39 is 0 Å². The molecule has 0 amide bonds. The predicted molar refractivity (Wildman–Crippen MR) is 71.6 cm³/mol. The molecule has 1 aliphatic carbocycles. The summed E-state index contributed by atoms with van der Waals surface area (Å²) < 4.78 is 0. The summed E-state index contributed by atoms with van der Waals surface area (Å²) in [6.45, 7) is 0.220. The molecule has 88 valence electrons. The van der Waals surface area contributed by atoms with Gasteiger partial charge in [0.2, 0.25) is 0 Å². The van der Waals surface area contributed by atoms with Crippen LogP contribution in [0.2, 0.25) is 5.02 Å². The van der Waals surface area contributed by atoms with Crippen molar-refractivity contribution in [3.8, 4) is 0 Å². The van der Waals surface area contributed by atoms with Crippen molar-refractivity contribution in [2.45, 2.75) is 24.7 Å². The fourth-order valence-electron chi connectivity index (χ4n) is 2.85. The van der Waals surface area contributed by atoms with Gasteiger partial charge in [-0.1, -0.05) is 48.4 Å². The van der Waals surface area contributed by atoms with Gasteiger partial charge in [-0.15, -0.1) is 0 Å². The zero-order valence-corrected chi connectivity index (χ0v) is 10.4. The monoisotopic (exact) mass is 246 g/mol. The Hall–Kier alpha value is -1.05. The summed E-state index contributed by atoms with van der Waals surface area (Å²) in [5.41, 5.74) is 1.17. The summed E-state index contributed by atoms with van der Waals surface area (Å²) in [6, 6.07) is 12.2. The Morgan fingerprint density at radius 1 is 1.12 bits per heavy atom. The first-order valence-corrected chi connectivity index (χ1v) is 6.43. The molecule has 3 rings (SSSR count). The third-order valence-electron chi connectivity index (χ3n) is 4.04. The summed E-state index contributed by atoms with van der Waals surface area (Å²) in [5.74, 6) is 0. The number of aliphatic hydroxyl groups excluding tert-OH is 1. The first kappa shape index (κ1) is 11.1. The average Bonchev–Trinajstić information content (AvgIpc) is 2.29. The molecule has 0 radical (unpaired) electrons. The number of fused-ring (bicyclic) bond motifs is 1. The van der Waals surface area contributed by atoms with E-state index in [0.29, 0.717) is 0 Å². The zero-order valence-electron chi connectivity index (χ0n) is 9.62. The van der Waals surface area contributed by atoms with Gasteiger partial charge in [0.05, 0.1) is 6.61 Å². The maximum atomic E-state index is 9.70. The van der Waals surface area contributed by atoms with E-state index >= 15 is 0 Å². The van der Waals surface area contributed by atoms with Gasteiger partial charge in [0.25, 0.3) is 0 Å². The third kappa shape index (κ3) is 1.57. The highest BCUT2D eigenvalue weighted by molar-refractivity contribution is 6.35. The minimum Gasteiger partial charge on any atom is -0.395 e. The van der Waals surface area contributed by atoms with E-state index in [2.05, 4.69) is 24.3 Å². The van der Waals surface area contributed by atoms with Crippen LogP contribution in [0.4, 0.5) is 0 Å². The highest BCUT2D eigenvalue weighted by Crippen LogP contribution is 2.46. The van der Waals surface area contributed by atoms with Crippen molar-refractivity contribution in [2.75, 3.05) is 6.61 Å². The number of aliphatic hydroxyl groups is 1. The molecule has 0 unspecified atom stereocenters. The standard InChI is InChI=1S/C15H15ClO/c16-13-7-2-5-11-4-1-6-12(14(11)13)15(10-17)8-3-9-15/h1-2,4-7,17H,3,8-10H2. The fraction of sp³-hybridized carbons (Fsp3) is 0.333. The van der Waals surface area contributed by atoms with Crippen molar-refractivity contribution in [3.05, 3.63) is 47.0 Å². The normalized spacial score (nSPS) is 18.0. The van der Waals surface area contributed by atoms with Crippen molar-refractivity contribution >= 4 is 22.4 Å². The SMILES string of the molecule is OCC1(c2cccc3cccc(Cl)c23)CCC1. The first-order valence-electron chi connectivity index (χ1n) is 6.05. The molecule has 2 aromatic carbocycles. The van der Waals surface area contributed by atoms with Crippen molar-refractivity contribution in [2.24, 2.45) is 0 Å². The Labute approximate surface area is 106 Å². The van der Waals surface area contributed by atoms with Gasteiger partial charge in [0.15, 0.2) is 0 Å². The van der Waals surface area contributed by atoms with Crippen LogP contribution in [-0.4, -0.2) is 11.7 Å². The molecule has 0 spiro atoms. The average molecular weight is 247 g/mol. The highest BCUT2D eigenvalue weighted by atomic mass is 35.5. The number of hydrogen-bond acceptors (Lipinski definition) is 1. The lowest BCUT2D eigenvalue weighted by Gasteiger charge is -2.41. The fourth-order valence-corrected chi connectivity index (χ4v) is 3.14.